The van der Waals surface area contributed by atoms with Crippen molar-refractivity contribution in [3.63, 3.8) is 0 Å². The lowest BCUT2D eigenvalue weighted by molar-refractivity contribution is 0.0696. The number of benzene rings is 1. The van der Waals surface area contributed by atoms with Gasteiger partial charge in [-0.25, -0.2) is 9.18 Å². The Bertz CT molecular complexity index is 475. The number of nitrogens with zero attached hydrogens (tertiary/aromatic N) is 1. The van der Waals surface area contributed by atoms with Gasteiger partial charge in [0.15, 0.2) is 0 Å². The van der Waals surface area contributed by atoms with E-state index in [1.165, 1.54) is 6.07 Å². The van der Waals surface area contributed by atoms with Gasteiger partial charge in [-0.15, -0.1) is 0 Å². The van der Waals surface area contributed by atoms with Crippen molar-refractivity contribution in [3.05, 3.63) is 35.1 Å². The Kier molecular flexibility index (Phi) is 4.20. The molecule has 104 valence electrons. The first-order chi connectivity index (χ1) is 8.97. The number of hydrogen-bond donors (Lipinski definition) is 1. The van der Waals surface area contributed by atoms with Gasteiger partial charge in [0, 0.05) is 18.2 Å². The summed E-state index contributed by atoms with van der Waals surface area (Å²) < 4.78 is 13.9. The molecule has 0 aliphatic carbocycles. The molecule has 1 heterocycles. The Morgan fingerprint density at radius 1 is 1.47 bits per heavy atom. The van der Waals surface area contributed by atoms with Crippen LogP contribution in [0, 0.1) is 11.7 Å². The number of hydrogen-bond acceptors (Lipinski definition) is 2. The van der Waals surface area contributed by atoms with Crippen LogP contribution in [0.1, 0.15) is 42.6 Å². The average Bonchev–Trinajstić information content (AvgIpc) is 2.34. The lowest BCUT2D eigenvalue weighted by Crippen LogP contribution is -2.39. The number of aromatic carboxylic acids is 1. The van der Waals surface area contributed by atoms with Gasteiger partial charge in [-0.05, 0) is 44.4 Å². The largest absolute Gasteiger partial charge is 0.478 e. The molecule has 0 spiro atoms. The first-order valence-corrected chi connectivity index (χ1v) is 6.73. The summed E-state index contributed by atoms with van der Waals surface area (Å²) in [6, 6.07) is 4.61. The zero-order valence-corrected chi connectivity index (χ0v) is 11.4. The summed E-state index contributed by atoms with van der Waals surface area (Å²) in [5.41, 5.74) is 0.577. The molecule has 0 saturated carbocycles. The lowest BCUT2D eigenvalue weighted by Gasteiger charge is -2.36. The number of likely N-dealkylation sites (tertiary alicyclic amines) is 1. The molecule has 2 atom stereocenters. The second-order valence-electron chi connectivity index (χ2n) is 5.56. The van der Waals surface area contributed by atoms with E-state index in [9.17, 15) is 9.18 Å². The maximum Gasteiger partial charge on any atom is 0.335 e. The molecule has 1 aliphatic heterocycles. The van der Waals surface area contributed by atoms with E-state index in [1.54, 1.807) is 6.07 Å². The van der Waals surface area contributed by atoms with Crippen LogP contribution in [0.2, 0.25) is 0 Å². The minimum absolute atomic E-state index is 0.00145. The van der Waals surface area contributed by atoms with Gasteiger partial charge in [0.05, 0.1) is 5.56 Å². The third-order valence-electron chi connectivity index (χ3n) is 3.95. The van der Waals surface area contributed by atoms with Crippen molar-refractivity contribution in [1.29, 1.82) is 0 Å². The van der Waals surface area contributed by atoms with Crippen molar-refractivity contribution in [2.24, 2.45) is 5.92 Å². The van der Waals surface area contributed by atoms with Crippen LogP contribution in [-0.2, 0) is 6.54 Å². The third kappa shape index (κ3) is 3.32. The number of piperidine rings is 1. The number of halogens is 1. The van der Waals surface area contributed by atoms with Gasteiger partial charge < -0.3 is 5.11 Å². The van der Waals surface area contributed by atoms with E-state index in [1.807, 2.05) is 0 Å². The Balaban J connectivity index is 2.09. The van der Waals surface area contributed by atoms with Crippen LogP contribution in [0.4, 0.5) is 4.39 Å². The molecule has 1 saturated heterocycles. The number of rotatable bonds is 3. The zero-order valence-electron chi connectivity index (χ0n) is 11.4. The lowest BCUT2D eigenvalue weighted by atomic mass is 9.93. The van der Waals surface area contributed by atoms with E-state index in [4.69, 9.17) is 5.11 Å². The predicted molar refractivity (Wildman–Crippen MR) is 71.6 cm³/mol. The first kappa shape index (κ1) is 14.0. The molecule has 0 radical (unpaired) electrons. The minimum Gasteiger partial charge on any atom is -0.478 e. The molecule has 0 aromatic heterocycles. The first-order valence-electron chi connectivity index (χ1n) is 6.73. The molecular formula is C15H20FNO2. The summed E-state index contributed by atoms with van der Waals surface area (Å²) in [6.07, 6.45) is 2.27. The normalized spacial score (nSPS) is 24.4. The van der Waals surface area contributed by atoms with Gasteiger partial charge >= 0.3 is 5.97 Å². The highest BCUT2D eigenvalue weighted by Gasteiger charge is 2.23. The van der Waals surface area contributed by atoms with Crippen molar-refractivity contribution < 1.29 is 14.3 Å². The minimum atomic E-state index is -1.09. The van der Waals surface area contributed by atoms with Crippen molar-refractivity contribution in [1.82, 2.24) is 4.90 Å². The van der Waals surface area contributed by atoms with E-state index < -0.39 is 11.8 Å². The molecule has 19 heavy (non-hydrogen) atoms. The molecule has 1 aromatic carbocycles. The van der Waals surface area contributed by atoms with Gasteiger partial charge in [0.1, 0.15) is 5.82 Å². The molecule has 3 nitrogen and oxygen atoms in total. The summed E-state index contributed by atoms with van der Waals surface area (Å²) in [5, 5.41) is 8.82. The fourth-order valence-electron chi connectivity index (χ4n) is 2.72. The van der Waals surface area contributed by atoms with Crippen LogP contribution in [0.3, 0.4) is 0 Å². The number of carboxylic acids is 1. The van der Waals surface area contributed by atoms with Crippen LogP contribution in [0.15, 0.2) is 18.2 Å². The second-order valence-corrected chi connectivity index (χ2v) is 5.56. The molecule has 1 aliphatic rings. The maximum absolute atomic E-state index is 13.9. The molecule has 2 unspecified atom stereocenters. The smallest absolute Gasteiger partial charge is 0.335 e. The van der Waals surface area contributed by atoms with Crippen molar-refractivity contribution >= 4 is 5.97 Å². The van der Waals surface area contributed by atoms with E-state index in [0.717, 1.165) is 31.4 Å². The molecule has 0 bridgehead atoms. The monoisotopic (exact) mass is 265 g/mol. The summed E-state index contributed by atoms with van der Waals surface area (Å²) in [7, 11) is 0. The third-order valence-corrected chi connectivity index (χ3v) is 3.95. The quantitative estimate of drug-likeness (QED) is 0.912. The van der Waals surface area contributed by atoms with Crippen LogP contribution >= 0.6 is 0 Å². The molecule has 4 heteroatoms. The summed E-state index contributed by atoms with van der Waals surface area (Å²) in [5.74, 6) is -0.790. The fraction of sp³-hybridized carbons (Fsp3) is 0.533. The van der Waals surface area contributed by atoms with Gasteiger partial charge in [0.25, 0.3) is 0 Å². The molecule has 1 fully saturated rings. The van der Waals surface area contributed by atoms with Crippen LogP contribution in [-0.4, -0.2) is 28.6 Å². The Morgan fingerprint density at radius 3 is 2.79 bits per heavy atom. The molecular weight excluding hydrogens is 245 g/mol. The molecule has 1 N–H and O–H groups in total. The molecule has 2 rings (SSSR count). The van der Waals surface area contributed by atoms with E-state index >= 15 is 0 Å². The highest BCUT2D eigenvalue weighted by molar-refractivity contribution is 5.87. The van der Waals surface area contributed by atoms with Crippen molar-refractivity contribution in [2.45, 2.75) is 39.3 Å². The zero-order chi connectivity index (χ0) is 14.0. The van der Waals surface area contributed by atoms with E-state index in [0.29, 0.717) is 18.2 Å². The summed E-state index contributed by atoms with van der Waals surface area (Å²) in [4.78, 5) is 13.0. The van der Waals surface area contributed by atoms with E-state index in [2.05, 4.69) is 18.7 Å². The average molecular weight is 265 g/mol. The topological polar surface area (TPSA) is 40.5 Å². The van der Waals surface area contributed by atoms with Crippen LogP contribution < -0.4 is 0 Å². The molecule has 1 aromatic rings. The van der Waals surface area contributed by atoms with Crippen LogP contribution in [0.5, 0.6) is 0 Å². The number of carbonyl (C=O) groups is 1. The summed E-state index contributed by atoms with van der Waals surface area (Å²) in [6.45, 7) is 5.94. The van der Waals surface area contributed by atoms with Crippen LogP contribution in [0.25, 0.3) is 0 Å². The maximum atomic E-state index is 13.9. The SMILES string of the molecule is CC1CCN(Cc2ccc(C(=O)O)cc2F)C(C)C1. The summed E-state index contributed by atoms with van der Waals surface area (Å²) >= 11 is 0. The van der Waals surface area contributed by atoms with Gasteiger partial charge in [-0.3, -0.25) is 4.90 Å². The Labute approximate surface area is 113 Å². The van der Waals surface area contributed by atoms with Gasteiger partial charge in [-0.2, -0.15) is 0 Å². The fourth-order valence-corrected chi connectivity index (χ4v) is 2.72. The second kappa shape index (κ2) is 5.70. The molecule has 0 amide bonds. The standard InChI is InChI=1S/C15H20FNO2/c1-10-5-6-17(11(2)7-10)9-13-4-3-12(15(18)19)8-14(13)16/h3-4,8,10-11H,5-7,9H2,1-2H3,(H,18,19). The van der Waals surface area contributed by atoms with Gasteiger partial charge in [0.2, 0.25) is 0 Å². The highest BCUT2D eigenvalue weighted by Crippen LogP contribution is 2.24. The predicted octanol–water partition coefficient (Wildman–Crippen LogP) is 3.14. The van der Waals surface area contributed by atoms with E-state index in [-0.39, 0.29) is 5.56 Å². The highest BCUT2D eigenvalue weighted by atomic mass is 19.1. The van der Waals surface area contributed by atoms with Crippen molar-refractivity contribution in [2.75, 3.05) is 6.54 Å². The Hall–Kier alpha value is -1.42. The Morgan fingerprint density at radius 2 is 2.21 bits per heavy atom. The van der Waals surface area contributed by atoms with Gasteiger partial charge in [-0.1, -0.05) is 13.0 Å². The van der Waals surface area contributed by atoms with Crippen molar-refractivity contribution in [3.8, 4) is 0 Å². The number of carboxylic acid groups (broad SMARTS) is 1.